The molecule has 1 aliphatic rings. The normalized spacial score (nSPS) is 21.8. The van der Waals surface area contributed by atoms with Crippen molar-refractivity contribution in [3.8, 4) is 5.75 Å². The molecule has 3 heteroatoms. The van der Waals surface area contributed by atoms with Crippen LogP contribution in [0, 0.1) is 0 Å². The van der Waals surface area contributed by atoms with E-state index in [4.69, 9.17) is 9.47 Å². The van der Waals surface area contributed by atoms with E-state index in [1.54, 1.807) is 0 Å². The number of nitrogens with one attached hydrogen (secondary N) is 1. The van der Waals surface area contributed by atoms with Crippen LogP contribution in [-0.4, -0.2) is 25.9 Å². The van der Waals surface area contributed by atoms with E-state index in [1.165, 1.54) is 16.3 Å². The van der Waals surface area contributed by atoms with Crippen LogP contribution in [0.4, 0.5) is 0 Å². The van der Waals surface area contributed by atoms with Crippen LogP contribution in [0.2, 0.25) is 0 Å². The molecule has 1 N–H and O–H groups in total. The molecule has 0 radical (unpaired) electrons. The molecule has 0 aromatic heterocycles. The van der Waals surface area contributed by atoms with E-state index >= 15 is 0 Å². The first-order valence-corrected chi connectivity index (χ1v) is 7.71. The van der Waals surface area contributed by atoms with Gasteiger partial charge in [0.15, 0.2) is 0 Å². The second-order valence-electron chi connectivity index (χ2n) is 5.75. The van der Waals surface area contributed by atoms with Crippen molar-refractivity contribution < 1.29 is 9.47 Å². The third-order valence-corrected chi connectivity index (χ3v) is 4.10. The molecule has 2 atom stereocenters. The minimum atomic E-state index is 0.230. The molecule has 0 saturated carbocycles. The van der Waals surface area contributed by atoms with Gasteiger partial charge in [0, 0.05) is 12.1 Å². The first-order valence-electron chi connectivity index (χ1n) is 7.71. The van der Waals surface area contributed by atoms with Crippen molar-refractivity contribution in [3.63, 3.8) is 0 Å². The molecule has 3 nitrogen and oxygen atoms in total. The second-order valence-corrected chi connectivity index (χ2v) is 5.75. The average molecular weight is 285 g/mol. The summed E-state index contributed by atoms with van der Waals surface area (Å²) in [4.78, 5) is 0. The number of hydrogen-bond acceptors (Lipinski definition) is 3. The summed E-state index contributed by atoms with van der Waals surface area (Å²) in [7, 11) is 1.97. The lowest BCUT2D eigenvalue weighted by Crippen LogP contribution is -2.19. The van der Waals surface area contributed by atoms with Crippen molar-refractivity contribution in [1.82, 2.24) is 5.32 Å². The summed E-state index contributed by atoms with van der Waals surface area (Å²) >= 11 is 0. The Bertz CT molecular complexity index is 611. The monoisotopic (exact) mass is 285 g/mol. The molecular formula is C18H23NO2. The minimum absolute atomic E-state index is 0.230. The van der Waals surface area contributed by atoms with Crippen molar-refractivity contribution in [2.24, 2.45) is 0 Å². The van der Waals surface area contributed by atoms with E-state index < -0.39 is 0 Å². The number of benzene rings is 2. The Balaban J connectivity index is 1.81. The maximum absolute atomic E-state index is 6.07. The van der Waals surface area contributed by atoms with Gasteiger partial charge in [0.05, 0.1) is 12.2 Å². The molecule has 21 heavy (non-hydrogen) atoms. The Kier molecular flexibility index (Phi) is 4.42. The second kappa shape index (κ2) is 6.46. The predicted octanol–water partition coefficient (Wildman–Crippen LogP) is 3.51. The van der Waals surface area contributed by atoms with Gasteiger partial charge in [-0.05, 0) is 43.7 Å². The first-order chi connectivity index (χ1) is 10.3. The molecule has 1 heterocycles. The largest absolute Gasteiger partial charge is 0.491 e. The summed E-state index contributed by atoms with van der Waals surface area (Å²) in [5.41, 5.74) is 1.22. The zero-order valence-electron chi connectivity index (χ0n) is 12.8. The average Bonchev–Trinajstić information content (AvgIpc) is 2.92. The Labute approximate surface area is 126 Å². The lowest BCUT2D eigenvalue weighted by Gasteiger charge is -2.17. The smallest absolute Gasteiger partial charge is 0.124 e. The number of rotatable bonds is 5. The Morgan fingerprint density at radius 2 is 2.05 bits per heavy atom. The van der Waals surface area contributed by atoms with Gasteiger partial charge < -0.3 is 14.8 Å². The third kappa shape index (κ3) is 3.20. The van der Waals surface area contributed by atoms with Crippen LogP contribution < -0.4 is 10.1 Å². The standard InChI is InChI=1S/C18H23NO2/c1-13-7-9-15(21-13)12-20-18-10-8-14-5-3-4-6-16(14)17(18)11-19-2/h3-6,8,10,13,15,19H,7,9,11-12H2,1-2H3. The molecule has 2 aromatic rings. The highest BCUT2D eigenvalue weighted by atomic mass is 16.5. The summed E-state index contributed by atoms with van der Waals surface area (Å²) in [6, 6.07) is 12.6. The summed E-state index contributed by atoms with van der Waals surface area (Å²) in [5, 5.41) is 5.75. The van der Waals surface area contributed by atoms with Crippen LogP contribution in [0.5, 0.6) is 5.75 Å². The van der Waals surface area contributed by atoms with Crippen LogP contribution in [0.3, 0.4) is 0 Å². The van der Waals surface area contributed by atoms with Gasteiger partial charge in [0.2, 0.25) is 0 Å². The van der Waals surface area contributed by atoms with Crippen molar-refractivity contribution in [3.05, 3.63) is 42.0 Å². The van der Waals surface area contributed by atoms with Gasteiger partial charge in [0.25, 0.3) is 0 Å². The summed E-state index contributed by atoms with van der Waals surface area (Å²) in [6.45, 7) is 3.57. The molecule has 1 fully saturated rings. The van der Waals surface area contributed by atoms with Gasteiger partial charge in [-0.15, -0.1) is 0 Å². The molecule has 2 aromatic carbocycles. The van der Waals surface area contributed by atoms with E-state index in [0.717, 1.165) is 25.1 Å². The van der Waals surface area contributed by atoms with Gasteiger partial charge in [-0.2, -0.15) is 0 Å². The highest BCUT2D eigenvalue weighted by molar-refractivity contribution is 5.87. The van der Waals surface area contributed by atoms with E-state index in [2.05, 4.69) is 48.6 Å². The van der Waals surface area contributed by atoms with Crippen LogP contribution in [0.25, 0.3) is 10.8 Å². The fourth-order valence-corrected chi connectivity index (χ4v) is 3.00. The molecule has 1 saturated heterocycles. The lowest BCUT2D eigenvalue weighted by molar-refractivity contribution is 0.0263. The molecule has 2 unspecified atom stereocenters. The molecule has 112 valence electrons. The maximum Gasteiger partial charge on any atom is 0.124 e. The van der Waals surface area contributed by atoms with Crippen LogP contribution in [0.15, 0.2) is 36.4 Å². The number of hydrogen-bond donors (Lipinski definition) is 1. The van der Waals surface area contributed by atoms with E-state index in [0.29, 0.717) is 12.7 Å². The highest BCUT2D eigenvalue weighted by Gasteiger charge is 2.22. The molecule has 0 amide bonds. The van der Waals surface area contributed by atoms with Crippen LogP contribution in [-0.2, 0) is 11.3 Å². The van der Waals surface area contributed by atoms with Gasteiger partial charge >= 0.3 is 0 Å². The van der Waals surface area contributed by atoms with Crippen molar-refractivity contribution in [1.29, 1.82) is 0 Å². The Morgan fingerprint density at radius 3 is 2.81 bits per heavy atom. The molecule has 0 aliphatic carbocycles. The van der Waals surface area contributed by atoms with E-state index in [1.807, 2.05) is 7.05 Å². The van der Waals surface area contributed by atoms with E-state index in [9.17, 15) is 0 Å². The predicted molar refractivity (Wildman–Crippen MR) is 85.8 cm³/mol. The highest BCUT2D eigenvalue weighted by Crippen LogP contribution is 2.29. The molecule has 0 spiro atoms. The quantitative estimate of drug-likeness (QED) is 0.912. The molecular weight excluding hydrogens is 262 g/mol. The van der Waals surface area contributed by atoms with Crippen LogP contribution in [0.1, 0.15) is 25.3 Å². The summed E-state index contributed by atoms with van der Waals surface area (Å²) in [6.07, 6.45) is 2.83. The Hall–Kier alpha value is -1.58. The summed E-state index contributed by atoms with van der Waals surface area (Å²) in [5.74, 6) is 0.964. The zero-order valence-corrected chi connectivity index (χ0v) is 12.8. The zero-order chi connectivity index (χ0) is 14.7. The van der Waals surface area contributed by atoms with Crippen molar-refractivity contribution >= 4 is 10.8 Å². The summed E-state index contributed by atoms with van der Waals surface area (Å²) < 4.78 is 11.9. The lowest BCUT2D eigenvalue weighted by atomic mass is 10.0. The minimum Gasteiger partial charge on any atom is -0.491 e. The van der Waals surface area contributed by atoms with Gasteiger partial charge in [0.1, 0.15) is 12.4 Å². The molecule has 1 aliphatic heterocycles. The van der Waals surface area contributed by atoms with Gasteiger partial charge in [-0.3, -0.25) is 0 Å². The van der Waals surface area contributed by atoms with Crippen molar-refractivity contribution in [2.45, 2.75) is 38.5 Å². The topological polar surface area (TPSA) is 30.5 Å². The maximum atomic E-state index is 6.07. The van der Waals surface area contributed by atoms with Crippen molar-refractivity contribution in [2.75, 3.05) is 13.7 Å². The fourth-order valence-electron chi connectivity index (χ4n) is 3.00. The fraction of sp³-hybridized carbons (Fsp3) is 0.444. The van der Waals surface area contributed by atoms with Gasteiger partial charge in [-0.25, -0.2) is 0 Å². The van der Waals surface area contributed by atoms with E-state index in [-0.39, 0.29) is 6.10 Å². The molecule has 3 rings (SSSR count). The third-order valence-electron chi connectivity index (χ3n) is 4.10. The van der Waals surface area contributed by atoms with Crippen LogP contribution >= 0.6 is 0 Å². The number of ether oxygens (including phenoxy) is 2. The first kappa shape index (κ1) is 14.4. The van der Waals surface area contributed by atoms with Gasteiger partial charge in [-0.1, -0.05) is 30.3 Å². The molecule has 0 bridgehead atoms. The Morgan fingerprint density at radius 1 is 1.19 bits per heavy atom. The number of fused-ring (bicyclic) bond motifs is 1. The SMILES string of the molecule is CNCc1c(OCC2CCC(C)O2)ccc2ccccc12.